The van der Waals surface area contributed by atoms with Crippen molar-refractivity contribution in [2.75, 3.05) is 18.8 Å². The molecule has 1 aromatic rings. The second-order valence-electron chi connectivity index (χ2n) is 5.06. The molecule has 0 aromatic heterocycles. The van der Waals surface area contributed by atoms with Crippen molar-refractivity contribution in [3.8, 4) is 6.07 Å². The second kappa shape index (κ2) is 5.75. The van der Waals surface area contributed by atoms with Gasteiger partial charge in [0, 0.05) is 18.8 Å². The van der Waals surface area contributed by atoms with Crippen molar-refractivity contribution in [1.29, 1.82) is 5.26 Å². The first kappa shape index (κ1) is 13.4. The number of nitriles is 1. The first-order valence-electron chi connectivity index (χ1n) is 6.72. The molecule has 19 heavy (non-hydrogen) atoms. The summed E-state index contributed by atoms with van der Waals surface area (Å²) in [6.45, 7) is 3.58. The maximum atomic E-state index is 12.4. The third kappa shape index (κ3) is 2.87. The number of nitrogen functional groups attached to an aromatic ring is 1. The van der Waals surface area contributed by atoms with E-state index in [9.17, 15) is 4.79 Å². The van der Waals surface area contributed by atoms with Crippen LogP contribution in [0.25, 0.3) is 0 Å². The Kier molecular flexibility index (Phi) is 4.06. The predicted octanol–water partition coefficient (Wildman–Crippen LogP) is 2.26. The fourth-order valence-corrected chi connectivity index (χ4v) is 2.56. The number of amides is 1. The van der Waals surface area contributed by atoms with Gasteiger partial charge in [0.25, 0.3) is 0 Å². The molecule has 1 aliphatic rings. The summed E-state index contributed by atoms with van der Waals surface area (Å²) in [5, 5.41) is 8.82. The van der Waals surface area contributed by atoms with Crippen molar-refractivity contribution >= 4 is 11.6 Å². The van der Waals surface area contributed by atoms with Crippen molar-refractivity contribution < 1.29 is 4.79 Å². The SMILES string of the molecule is CC(C(=O)N1CCCCC1)c1ccc(C#N)cc1N. The van der Waals surface area contributed by atoms with E-state index in [-0.39, 0.29) is 11.8 Å². The van der Waals surface area contributed by atoms with E-state index in [2.05, 4.69) is 6.07 Å². The number of piperidine rings is 1. The molecule has 1 unspecified atom stereocenters. The third-order valence-corrected chi connectivity index (χ3v) is 3.72. The van der Waals surface area contributed by atoms with Crippen molar-refractivity contribution in [3.63, 3.8) is 0 Å². The average molecular weight is 257 g/mol. The van der Waals surface area contributed by atoms with Crippen LogP contribution in [0, 0.1) is 11.3 Å². The zero-order valence-corrected chi connectivity index (χ0v) is 11.2. The number of benzene rings is 1. The second-order valence-corrected chi connectivity index (χ2v) is 5.06. The highest BCUT2D eigenvalue weighted by Gasteiger charge is 2.24. The van der Waals surface area contributed by atoms with Gasteiger partial charge < -0.3 is 10.6 Å². The highest BCUT2D eigenvalue weighted by molar-refractivity contribution is 5.85. The van der Waals surface area contributed by atoms with Crippen molar-refractivity contribution in [3.05, 3.63) is 29.3 Å². The normalized spacial score (nSPS) is 16.7. The van der Waals surface area contributed by atoms with E-state index in [4.69, 9.17) is 11.0 Å². The van der Waals surface area contributed by atoms with Gasteiger partial charge in [0.15, 0.2) is 0 Å². The van der Waals surface area contributed by atoms with E-state index in [1.807, 2.05) is 11.8 Å². The summed E-state index contributed by atoms with van der Waals surface area (Å²) in [7, 11) is 0. The zero-order valence-electron chi connectivity index (χ0n) is 11.2. The number of hydrogen-bond acceptors (Lipinski definition) is 3. The number of rotatable bonds is 2. The largest absolute Gasteiger partial charge is 0.398 e. The summed E-state index contributed by atoms with van der Waals surface area (Å²) in [4.78, 5) is 14.3. The number of nitrogens with zero attached hydrogens (tertiary/aromatic N) is 2. The minimum Gasteiger partial charge on any atom is -0.398 e. The number of anilines is 1. The quantitative estimate of drug-likeness (QED) is 0.826. The molecule has 0 bridgehead atoms. The molecule has 4 heteroatoms. The molecule has 1 amide bonds. The van der Waals surface area contributed by atoms with Crippen molar-refractivity contribution in [2.45, 2.75) is 32.1 Å². The van der Waals surface area contributed by atoms with E-state index in [1.165, 1.54) is 6.42 Å². The molecule has 1 atom stereocenters. The first-order chi connectivity index (χ1) is 9.13. The molecular formula is C15H19N3O. The Labute approximate surface area is 113 Å². The van der Waals surface area contributed by atoms with Crippen molar-refractivity contribution in [1.82, 2.24) is 4.90 Å². The highest BCUT2D eigenvalue weighted by Crippen LogP contribution is 2.26. The molecule has 2 N–H and O–H groups in total. The molecule has 1 aromatic carbocycles. The van der Waals surface area contributed by atoms with Crippen LogP contribution >= 0.6 is 0 Å². The molecular weight excluding hydrogens is 238 g/mol. The van der Waals surface area contributed by atoms with Crippen LogP contribution in [0.15, 0.2) is 18.2 Å². The third-order valence-electron chi connectivity index (χ3n) is 3.72. The van der Waals surface area contributed by atoms with E-state index in [1.54, 1.807) is 18.2 Å². The van der Waals surface area contributed by atoms with Crippen LogP contribution in [0.1, 0.15) is 43.2 Å². The lowest BCUT2D eigenvalue weighted by Crippen LogP contribution is -2.38. The van der Waals surface area contributed by atoms with Crippen LogP contribution in [-0.2, 0) is 4.79 Å². The predicted molar refractivity (Wildman–Crippen MR) is 74.4 cm³/mol. The van der Waals surface area contributed by atoms with Gasteiger partial charge in [-0.3, -0.25) is 4.79 Å². The van der Waals surface area contributed by atoms with E-state index < -0.39 is 0 Å². The minimum absolute atomic E-state index is 0.135. The van der Waals surface area contributed by atoms with Crippen LogP contribution in [-0.4, -0.2) is 23.9 Å². The number of hydrogen-bond donors (Lipinski definition) is 1. The Balaban J connectivity index is 2.16. The molecule has 1 heterocycles. The lowest BCUT2D eigenvalue weighted by Gasteiger charge is -2.29. The zero-order chi connectivity index (χ0) is 13.8. The van der Waals surface area contributed by atoms with Crippen LogP contribution in [0.5, 0.6) is 0 Å². The summed E-state index contributed by atoms with van der Waals surface area (Å²) in [6, 6.07) is 7.19. The summed E-state index contributed by atoms with van der Waals surface area (Å²) in [5.74, 6) is -0.109. The first-order valence-corrected chi connectivity index (χ1v) is 6.72. The summed E-state index contributed by atoms with van der Waals surface area (Å²) in [5.41, 5.74) is 7.81. The van der Waals surface area contributed by atoms with Gasteiger partial charge in [-0.15, -0.1) is 0 Å². The Bertz CT molecular complexity index is 513. The lowest BCUT2D eigenvalue weighted by atomic mass is 9.95. The standard InChI is InChI=1S/C15H19N3O/c1-11(15(19)18-7-3-2-4-8-18)13-6-5-12(10-16)9-14(13)17/h5-6,9,11H,2-4,7-8,17H2,1H3. The molecule has 0 saturated carbocycles. The Morgan fingerprint density at radius 1 is 1.37 bits per heavy atom. The van der Waals surface area contributed by atoms with Gasteiger partial charge in [-0.1, -0.05) is 6.07 Å². The van der Waals surface area contributed by atoms with Gasteiger partial charge in [-0.05, 0) is 43.9 Å². The molecule has 0 spiro atoms. The molecule has 1 aliphatic heterocycles. The summed E-state index contributed by atoms with van der Waals surface area (Å²) >= 11 is 0. The average Bonchev–Trinajstić information content (AvgIpc) is 2.46. The fraction of sp³-hybridized carbons (Fsp3) is 0.467. The van der Waals surface area contributed by atoms with Crippen LogP contribution in [0.2, 0.25) is 0 Å². The van der Waals surface area contributed by atoms with Crippen molar-refractivity contribution in [2.24, 2.45) is 0 Å². The number of carbonyl (C=O) groups is 1. The van der Waals surface area contributed by atoms with E-state index in [0.29, 0.717) is 11.3 Å². The van der Waals surface area contributed by atoms with E-state index in [0.717, 1.165) is 31.5 Å². The van der Waals surface area contributed by atoms with Gasteiger partial charge in [0.2, 0.25) is 5.91 Å². The topological polar surface area (TPSA) is 70.1 Å². The smallest absolute Gasteiger partial charge is 0.229 e. The van der Waals surface area contributed by atoms with E-state index >= 15 is 0 Å². The highest BCUT2D eigenvalue weighted by atomic mass is 16.2. The number of likely N-dealkylation sites (tertiary alicyclic amines) is 1. The summed E-state index contributed by atoms with van der Waals surface area (Å²) in [6.07, 6.45) is 3.37. The molecule has 0 radical (unpaired) electrons. The van der Waals surface area contributed by atoms with Gasteiger partial charge in [-0.2, -0.15) is 5.26 Å². The molecule has 0 aliphatic carbocycles. The number of carbonyl (C=O) groups excluding carboxylic acids is 1. The molecule has 4 nitrogen and oxygen atoms in total. The minimum atomic E-state index is -0.245. The molecule has 2 rings (SSSR count). The maximum Gasteiger partial charge on any atom is 0.229 e. The van der Waals surface area contributed by atoms with Gasteiger partial charge in [-0.25, -0.2) is 0 Å². The number of nitrogens with two attached hydrogens (primary N) is 1. The molecule has 1 fully saturated rings. The molecule has 100 valence electrons. The van der Waals surface area contributed by atoms with Gasteiger partial charge >= 0.3 is 0 Å². The maximum absolute atomic E-state index is 12.4. The summed E-state index contributed by atoms with van der Waals surface area (Å²) < 4.78 is 0. The molecule has 1 saturated heterocycles. The lowest BCUT2D eigenvalue weighted by molar-refractivity contribution is -0.133. The Morgan fingerprint density at radius 3 is 2.63 bits per heavy atom. The Morgan fingerprint density at radius 2 is 2.05 bits per heavy atom. The Hall–Kier alpha value is -2.02. The van der Waals surface area contributed by atoms with Crippen LogP contribution in [0.4, 0.5) is 5.69 Å². The fourth-order valence-electron chi connectivity index (χ4n) is 2.56. The van der Waals surface area contributed by atoms with Crippen LogP contribution in [0.3, 0.4) is 0 Å². The monoisotopic (exact) mass is 257 g/mol. The van der Waals surface area contributed by atoms with Gasteiger partial charge in [0.05, 0.1) is 17.6 Å². The van der Waals surface area contributed by atoms with Crippen LogP contribution < -0.4 is 5.73 Å². The van der Waals surface area contributed by atoms with Gasteiger partial charge in [0.1, 0.15) is 0 Å².